The third kappa shape index (κ3) is 5.32. The third-order valence-corrected chi connectivity index (χ3v) is 4.07. The van der Waals surface area contributed by atoms with E-state index in [1.807, 2.05) is 6.92 Å². The molecule has 1 aromatic carbocycles. The van der Waals surface area contributed by atoms with Crippen LogP contribution in [0.15, 0.2) is 21.1 Å². The van der Waals surface area contributed by atoms with Crippen LogP contribution in [-0.4, -0.2) is 23.1 Å². The second-order valence-electron chi connectivity index (χ2n) is 4.61. The van der Waals surface area contributed by atoms with Crippen LogP contribution in [0.5, 0.6) is 0 Å². The van der Waals surface area contributed by atoms with E-state index in [1.54, 1.807) is 6.07 Å². The fraction of sp³-hybridized carbons (Fsp3) is 0.429. The molecule has 0 saturated heterocycles. The number of carboxylic acids is 1. The number of nitrogens with one attached hydrogen (secondary N) is 2. The molecule has 1 rings (SSSR count). The van der Waals surface area contributed by atoms with E-state index in [0.717, 1.165) is 19.3 Å². The summed E-state index contributed by atoms with van der Waals surface area (Å²) >= 11 is 6.50. The fourth-order valence-corrected chi connectivity index (χ4v) is 3.26. The van der Waals surface area contributed by atoms with E-state index >= 15 is 0 Å². The Hall–Kier alpha value is -1.08. The van der Waals surface area contributed by atoms with Crippen molar-refractivity contribution >= 4 is 49.5 Å². The highest BCUT2D eigenvalue weighted by molar-refractivity contribution is 9.11. The molecule has 21 heavy (non-hydrogen) atoms. The summed E-state index contributed by atoms with van der Waals surface area (Å²) in [6, 6.07) is 2.82. The molecule has 3 N–H and O–H groups in total. The van der Waals surface area contributed by atoms with Gasteiger partial charge in [-0.05, 0) is 40.9 Å². The van der Waals surface area contributed by atoms with Gasteiger partial charge in [0.25, 0.3) is 0 Å². The van der Waals surface area contributed by atoms with Crippen molar-refractivity contribution in [2.45, 2.75) is 39.2 Å². The molecule has 0 fully saturated rings. The predicted octanol–water partition coefficient (Wildman–Crippen LogP) is 4.61. The minimum Gasteiger partial charge on any atom is -0.478 e. The van der Waals surface area contributed by atoms with Gasteiger partial charge in [0.05, 0.1) is 11.3 Å². The molecule has 116 valence electrons. The van der Waals surface area contributed by atoms with Gasteiger partial charge in [0.15, 0.2) is 0 Å². The quantitative estimate of drug-likeness (QED) is 0.627. The molecule has 0 aliphatic carbocycles. The monoisotopic (exact) mass is 420 g/mol. The number of carboxylic acid groups (broad SMARTS) is 1. The number of amides is 2. The van der Waals surface area contributed by atoms with Crippen molar-refractivity contribution in [3.05, 3.63) is 26.6 Å². The Bertz CT molecular complexity index is 535. The van der Waals surface area contributed by atoms with E-state index < -0.39 is 12.0 Å². The second kappa shape index (κ2) is 8.38. The first-order valence-electron chi connectivity index (χ1n) is 6.68. The van der Waals surface area contributed by atoms with Gasteiger partial charge in [-0.15, -0.1) is 0 Å². The number of aromatic carboxylic acids is 1. The molecule has 0 spiro atoms. The number of benzene rings is 1. The van der Waals surface area contributed by atoms with Crippen molar-refractivity contribution in [2.24, 2.45) is 0 Å². The number of anilines is 1. The van der Waals surface area contributed by atoms with Gasteiger partial charge in [0.1, 0.15) is 0 Å². The Morgan fingerprint density at radius 2 is 1.95 bits per heavy atom. The first kappa shape index (κ1) is 18.0. The largest absolute Gasteiger partial charge is 0.478 e. The third-order valence-electron chi connectivity index (χ3n) is 2.99. The number of hydrogen-bond donors (Lipinski definition) is 3. The van der Waals surface area contributed by atoms with E-state index in [9.17, 15) is 14.7 Å². The fourth-order valence-electron chi connectivity index (χ4n) is 1.93. The highest BCUT2D eigenvalue weighted by Gasteiger charge is 2.18. The Kier molecular flexibility index (Phi) is 7.17. The van der Waals surface area contributed by atoms with Crippen LogP contribution in [0.4, 0.5) is 10.5 Å². The summed E-state index contributed by atoms with van der Waals surface area (Å²) in [6.45, 7) is 4.05. The molecular weight excluding hydrogens is 404 g/mol. The van der Waals surface area contributed by atoms with Gasteiger partial charge in [-0.1, -0.05) is 36.2 Å². The van der Waals surface area contributed by atoms with Crippen molar-refractivity contribution in [3.8, 4) is 0 Å². The molecule has 0 aromatic heterocycles. The summed E-state index contributed by atoms with van der Waals surface area (Å²) in [4.78, 5) is 23.3. The topological polar surface area (TPSA) is 78.4 Å². The normalized spacial score (nSPS) is 11.8. The Balaban J connectivity index is 2.92. The zero-order valence-electron chi connectivity index (χ0n) is 11.9. The van der Waals surface area contributed by atoms with Crippen molar-refractivity contribution in [3.63, 3.8) is 0 Å². The number of rotatable bonds is 6. The molecule has 0 bridgehead atoms. The van der Waals surface area contributed by atoms with E-state index in [4.69, 9.17) is 0 Å². The second-order valence-corrected chi connectivity index (χ2v) is 6.38. The van der Waals surface area contributed by atoms with Crippen LogP contribution < -0.4 is 10.6 Å². The van der Waals surface area contributed by atoms with Crippen molar-refractivity contribution < 1.29 is 14.7 Å². The maximum Gasteiger partial charge on any atom is 0.337 e. The number of hydrogen-bond acceptors (Lipinski definition) is 2. The van der Waals surface area contributed by atoms with E-state index in [1.165, 1.54) is 6.07 Å². The van der Waals surface area contributed by atoms with Gasteiger partial charge in [-0.25, -0.2) is 9.59 Å². The lowest BCUT2D eigenvalue weighted by Crippen LogP contribution is -2.37. The average molecular weight is 422 g/mol. The van der Waals surface area contributed by atoms with Crippen molar-refractivity contribution in [2.75, 3.05) is 5.32 Å². The van der Waals surface area contributed by atoms with Gasteiger partial charge in [0, 0.05) is 15.0 Å². The maximum absolute atomic E-state index is 12.0. The van der Waals surface area contributed by atoms with Crippen LogP contribution in [0.2, 0.25) is 0 Å². The average Bonchev–Trinajstić information content (AvgIpc) is 2.40. The summed E-state index contributed by atoms with van der Waals surface area (Å²) in [5.41, 5.74) is 0.268. The van der Waals surface area contributed by atoms with Gasteiger partial charge < -0.3 is 15.7 Å². The molecule has 0 saturated carbocycles. The van der Waals surface area contributed by atoms with Crippen LogP contribution in [0.3, 0.4) is 0 Å². The Morgan fingerprint density at radius 3 is 2.48 bits per heavy atom. The van der Waals surface area contributed by atoms with E-state index in [2.05, 4.69) is 49.4 Å². The minimum absolute atomic E-state index is 0.0231. The van der Waals surface area contributed by atoms with Gasteiger partial charge >= 0.3 is 12.0 Å². The molecule has 0 aliphatic rings. The Labute approximate surface area is 140 Å². The summed E-state index contributed by atoms with van der Waals surface area (Å²) in [7, 11) is 0. The maximum atomic E-state index is 12.0. The lowest BCUT2D eigenvalue weighted by molar-refractivity contribution is 0.0698. The summed E-state index contributed by atoms with van der Waals surface area (Å²) < 4.78 is 1.13. The van der Waals surface area contributed by atoms with Gasteiger partial charge in [-0.3, -0.25) is 0 Å². The molecule has 1 unspecified atom stereocenters. The first-order valence-corrected chi connectivity index (χ1v) is 8.27. The summed E-state index contributed by atoms with van der Waals surface area (Å²) in [5, 5.41) is 14.7. The molecule has 1 aromatic rings. The number of carbonyl (C=O) groups is 2. The molecular formula is C14H18Br2N2O3. The zero-order chi connectivity index (χ0) is 16.0. The zero-order valence-corrected chi connectivity index (χ0v) is 15.0. The molecule has 0 aliphatic heterocycles. The number of carbonyl (C=O) groups excluding carboxylic acids is 1. The van der Waals surface area contributed by atoms with Gasteiger partial charge in [0.2, 0.25) is 0 Å². The minimum atomic E-state index is -1.10. The Morgan fingerprint density at radius 1 is 1.29 bits per heavy atom. The van der Waals surface area contributed by atoms with E-state index in [-0.39, 0.29) is 17.3 Å². The number of halogens is 2. The molecule has 1 atom stereocenters. The first-order chi connectivity index (χ1) is 9.88. The van der Waals surface area contributed by atoms with Crippen molar-refractivity contribution in [1.82, 2.24) is 5.32 Å². The summed E-state index contributed by atoms with van der Waals surface area (Å²) in [5.74, 6) is -1.10. The van der Waals surface area contributed by atoms with Crippen LogP contribution in [0, 0.1) is 0 Å². The number of urea groups is 1. The van der Waals surface area contributed by atoms with E-state index in [0.29, 0.717) is 8.95 Å². The smallest absolute Gasteiger partial charge is 0.337 e. The molecule has 2 amide bonds. The van der Waals surface area contributed by atoms with Gasteiger partial charge in [-0.2, -0.15) is 0 Å². The SMILES string of the molecule is CCCC(CC)NC(=O)Nc1c(Br)cc(Br)cc1C(=O)O. The molecule has 7 heteroatoms. The molecule has 5 nitrogen and oxygen atoms in total. The van der Waals surface area contributed by atoms with Crippen LogP contribution in [-0.2, 0) is 0 Å². The van der Waals surface area contributed by atoms with Crippen molar-refractivity contribution in [1.29, 1.82) is 0 Å². The lowest BCUT2D eigenvalue weighted by atomic mass is 10.1. The van der Waals surface area contributed by atoms with Crippen LogP contribution in [0.1, 0.15) is 43.5 Å². The lowest BCUT2D eigenvalue weighted by Gasteiger charge is -2.18. The van der Waals surface area contributed by atoms with Crippen LogP contribution >= 0.6 is 31.9 Å². The highest BCUT2D eigenvalue weighted by atomic mass is 79.9. The predicted molar refractivity (Wildman–Crippen MR) is 89.9 cm³/mol. The molecule has 0 heterocycles. The highest BCUT2D eigenvalue weighted by Crippen LogP contribution is 2.30. The standard InChI is InChI=1S/C14H18Br2N2O3/c1-3-5-9(4-2)17-14(21)18-12-10(13(19)20)6-8(15)7-11(12)16/h6-7,9H,3-5H2,1-2H3,(H,19,20)(H2,17,18,21). The molecule has 0 radical (unpaired) electrons. The van der Waals surface area contributed by atoms with Crippen LogP contribution in [0.25, 0.3) is 0 Å². The summed E-state index contributed by atoms with van der Waals surface area (Å²) in [6.07, 6.45) is 2.69.